The first-order chi connectivity index (χ1) is 11.0. The Labute approximate surface area is 135 Å². The van der Waals surface area contributed by atoms with Crippen molar-refractivity contribution in [2.75, 3.05) is 13.7 Å². The highest BCUT2D eigenvalue weighted by Crippen LogP contribution is 2.11. The molecule has 2 N–H and O–H groups in total. The van der Waals surface area contributed by atoms with Crippen LogP contribution in [0.2, 0.25) is 0 Å². The van der Waals surface area contributed by atoms with Crippen LogP contribution in [-0.2, 0) is 27.9 Å². The van der Waals surface area contributed by atoms with Crippen molar-refractivity contribution in [1.82, 2.24) is 19.6 Å². The van der Waals surface area contributed by atoms with Crippen molar-refractivity contribution >= 4 is 10.2 Å². The summed E-state index contributed by atoms with van der Waals surface area (Å²) in [5.41, 5.74) is 0.866. The highest BCUT2D eigenvalue weighted by molar-refractivity contribution is 7.87. The number of ether oxygens (including phenoxy) is 1. The number of nitrogens with zero attached hydrogens (tertiary/aromatic N) is 2. The zero-order valence-corrected chi connectivity index (χ0v) is 13.8. The second kappa shape index (κ2) is 8.16. The van der Waals surface area contributed by atoms with Crippen molar-refractivity contribution in [3.05, 3.63) is 47.6 Å². The van der Waals surface area contributed by atoms with Crippen LogP contribution in [0.3, 0.4) is 0 Å². The Bertz CT molecular complexity index is 703. The minimum absolute atomic E-state index is 0.200. The average molecular weight is 340 g/mol. The molecular weight excluding hydrogens is 320 g/mol. The summed E-state index contributed by atoms with van der Waals surface area (Å²) in [5.74, 6) is 0.686. The summed E-state index contributed by atoms with van der Waals surface area (Å²) in [6.07, 6.45) is 0.506. The molecule has 0 aliphatic rings. The van der Waals surface area contributed by atoms with Crippen LogP contribution in [-0.4, -0.2) is 32.3 Å². The number of hydrogen-bond donors (Lipinski definition) is 2. The molecule has 1 aromatic heterocycles. The number of hydrogen-bond acceptors (Lipinski definition) is 6. The highest BCUT2D eigenvalue weighted by atomic mass is 32.2. The van der Waals surface area contributed by atoms with Gasteiger partial charge < -0.3 is 9.26 Å². The van der Waals surface area contributed by atoms with Crippen molar-refractivity contribution in [2.24, 2.45) is 0 Å². The van der Waals surface area contributed by atoms with Gasteiger partial charge in [0.05, 0.1) is 12.6 Å². The molecule has 0 aliphatic carbocycles. The number of benzene rings is 1. The number of rotatable bonds is 9. The molecule has 0 saturated heterocycles. The molecule has 126 valence electrons. The van der Waals surface area contributed by atoms with Gasteiger partial charge in [0.1, 0.15) is 0 Å². The summed E-state index contributed by atoms with van der Waals surface area (Å²) >= 11 is 0. The summed E-state index contributed by atoms with van der Waals surface area (Å²) in [6.45, 7) is 2.30. The second-order valence-corrected chi connectivity index (χ2v) is 6.47. The van der Waals surface area contributed by atoms with E-state index in [2.05, 4.69) is 19.6 Å². The lowest BCUT2D eigenvalue weighted by atomic mass is 10.2. The number of methoxy groups -OCH3 is 1. The Morgan fingerprint density at radius 2 is 2.04 bits per heavy atom. The fourth-order valence-electron chi connectivity index (χ4n) is 1.84. The van der Waals surface area contributed by atoms with Gasteiger partial charge in [-0.25, -0.2) is 0 Å². The molecule has 1 unspecified atom stereocenters. The normalized spacial score (nSPS) is 13.1. The minimum Gasteiger partial charge on any atom is -0.384 e. The van der Waals surface area contributed by atoms with E-state index in [9.17, 15) is 8.42 Å². The number of aromatic nitrogens is 2. The van der Waals surface area contributed by atoms with E-state index in [4.69, 9.17) is 9.26 Å². The minimum atomic E-state index is -3.69. The molecule has 8 nitrogen and oxygen atoms in total. The second-order valence-electron chi connectivity index (χ2n) is 4.94. The molecule has 0 spiro atoms. The van der Waals surface area contributed by atoms with E-state index in [0.29, 0.717) is 18.9 Å². The molecule has 9 heteroatoms. The molecule has 0 bridgehead atoms. The molecule has 1 heterocycles. The summed E-state index contributed by atoms with van der Waals surface area (Å²) in [5, 5.41) is 3.78. The molecule has 0 saturated carbocycles. The zero-order chi connectivity index (χ0) is 16.7. The van der Waals surface area contributed by atoms with Crippen LogP contribution in [0, 0.1) is 0 Å². The van der Waals surface area contributed by atoms with Crippen LogP contribution in [0.15, 0.2) is 34.9 Å². The quantitative estimate of drug-likeness (QED) is 0.704. The maximum absolute atomic E-state index is 12.0. The standard InChI is InChI=1S/C14H20N4O4S/c1-11(14-16-13(17-22-14)8-9-21-2)18-23(19,20)15-10-12-6-4-3-5-7-12/h3-7,11,15,18H,8-10H2,1-2H3. The molecular formula is C14H20N4O4S. The van der Waals surface area contributed by atoms with Crippen molar-refractivity contribution in [1.29, 1.82) is 0 Å². The maximum Gasteiger partial charge on any atom is 0.277 e. The zero-order valence-electron chi connectivity index (χ0n) is 13.0. The van der Waals surface area contributed by atoms with Gasteiger partial charge in [-0.15, -0.1) is 0 Å². The van der Waals surface area contributed by atoms with Crippen molar-refractivity contribution in [3.8, 4) is 0 Å². The van der Waals surface area contributed by atoms with Crippen molar-refractivity contribution < 1.29 is 17.7 Å². The van der Waals surface area contributed by atoms with E-state index in [1.807, 2.05) is 30.3 Å². The van der Waals surface area contributed by atoms with E-state index in [1.54, 1.807) is 14.0 Å². The topological polar surface area (TPSA) is 106 Å². The molecule has 0 amide bonds. The van der Waals surface area contributed by atoms with Crippen LogP contribution in [0.1, 0.15) is 30.2 Å². The van der Waals surface area contributed by atoms with Gasteiger partial charge in [0, 0.05) is 20.1 Å². The van der Waals surface area contributed by atoms with Gasteiger partial charge in [0.2, 0.25) is 5.89 Å². The van der Waals surface area contributed by atoms with Crippen molar-refractivity contribution in [3.63, 3.8) is 0 Å². The fourth-order valence-corrected chi connectivity index (χ4v) is 2.84. The average Bonchev–Trinajstić information content (AvgIpc) is 3.01. The Balaban J connectivity index is 1.90. The SMILES string of the molecule is COCCc1noc(C(C)NS(=O)(=O)NCc2ccccc2)n1. The first-order valence-corrected chi connectivity index (χ1v) is 8.61. The third-order valence-corrected chi connectivity index (χ3v) is 4.21. The van der Waals surface area contributed by atoms with Gasteiger partial charge in [-0.3, -0.25) is 0 Å². The van der Waals surface area contributed by atoms with Gasteiger partial charge in [-0.1, -0.05) is 35.5 Å². The predicted molar refractivity (Wildman–Crippen MR) is 83.6 cm³/mol. The summed E-state index contributed by atoms with van der Waals surface area (Å²) in [4.78, 5) is 4.14. The molecule has 1 atom stereocenters. The van der Waals surface area contributed by atoms with Gasteiger partial charge in [-0.05, 0) is 12.5 Å². The van der Waals surface area contributed by atoms with Crippen molar-refractivity contribution in [2.45, 2.75) is 25.9 Å². The first kappa shape index (κ1) is 17.5. The van der Waals surface area contributed by atoms with Crippen LogP contribution in [0.4, 0.5) is 0 Å². The predicted octanol–water partition coefficient (Wildman–Crippen LogP) is 0.944. The monoisotopic (exact) mass is 340 g/mol. The van der Waals surface area contributed by atoms with E-state index < -0.39 is 16.3 Å². The Kier molecular flexibility index (Phi) is 6.22. The highest BCUT2D eigenvalue weighted by Gasteiger charge is 2.20. The van der Waals surface area contributed by atoms with E-state index in [0.717, 1.165) is 5.56 Å². The van der Waals surface area contributed by atoms with E-state index in [-0.39, 0.29) is 12.4 Å². The van der Waals surface area contributed by atoms with Crippen LogP contribution < -0.4 is 9.44 Å². The third-order valence-electron chi connectivity index (χ3n) is 3.03. The molecule has 1 aromatic carbocycles. The lowest BCUT2D eigenvalue weighted by Gasteiger charge is -2.11. The Morgan fingerprint density at radius 1 is 1.30 bits per heavy atom. The van der Waals surface area contributed by atoms with Gasteiger partial charge >= 0.3 is 0 Å². The van der Waals surface area contributed by atoms with E-state index in [1.165, 1.54) is 0 Å². The third kappa shape index (κ3) is 5.71. The smallest absolute Gasteiger partial charge is 0.277 e. The molecule has 23 heavy (non-hydrogen) atoms. The summed E-state index contributed by atoms with van der Waals surface area (Å²) in [7, 11) is -2.11. The van der Waals surface area contributed by atoms with Crippen LogP contribution in [0.5, 0.6) is 0 Å². The van der Waals surface area contributed by atoms with E-state index >= 15 is 0 Å². The van der Waals surface area contributed by atoms with Gasteiger partial charge in [0.15, 0.2) is 5.82 Å². The molecule has 0 aliphatic heterocycles. The Hall–Kier alpha value is -1.81. The van der Waals surface area contributed by atoms with Gasteiger partial charge in [0.25, 0.3) is 10.2 Å². The first-order valence-electron chi connectivity index (χ1n) is 7.12. The lowest BCUT2D eigenvalue weighted by Crippen LogP contribution is -2.37. The molecule has 0 fully saturated rings. The van der Waals surface area contributed by atoms with Gasteiger partial charge in [-0.2, -0.15) is 22.8 Å². The number of nitrogens with one attached hydrogen (secondary N) is 2. The fraction of sp³-hybridized carbons (Fsp3) is 0.429. The molecule has 2 rings (SSSR count). The summed E-state index contributed by atoms with van der Waals surface area (Å²) in [6, 6.07) is 8.61. The molecule has 0 radical (unpaired) electrons. The maximum atomic E-state index is 12.0. The van der Waals surface area contributed by atoms with Crippen LogP contribution >= 0.6 is 0 Å². The largest absolute Gasteiger partial charge is 0.384 e. The lowest BCUT2D eigenvalue weighted by molar-refractivity contribution is 0.199. The summed E-state index contributed by atoms with van der Waals surface area (Å²) < 4.78 is 39.0. The Morgan fingerprint density at radius 3 is 2.74 bits per heavy atom. The van der Waals surface area contributed by atoms with Crippen LogP contribution in [0.25, 0.3) is 0 Å². The molecule has 2 aromatic rings.